The van der Waals surface area contributed by atoms with Crippen LogP contribution in [0.1, 0.15) is 115 Å². The Hall–Kier alpha value is -7.29. The van der Waals surface area contributed by atoms with E-state index in [4.69, 9.17) is 63.6 Å². The highest BCUT2D eigenvalue weighted by Gasteiger charge is 2.28. The predicted molar refractivity (Wildman–Crippen MR) is 327 cm³/mol. The SMILES string of the molecule is CC(C)(C)OC(=O)CBr.COc1ccc(OCCOc2cc(C)ccc2N(CC(=O)OC(C)(C)C)CC(=O)OC(C)(C)C)c(N(CC(=O)OC(C)(C)C)CC(=O)OC(C)(C)C)c1.COc1ccc(OCCOc2cc(C)ccc2N)c(N)c1. The number of ether oxygens (including phenoxy) is 11. The van der Waals surface area contributed by atoms with Crippen LogP contribution in [0.5, 0.6) is 34.5 Å². The van der Waals surface area contributed by atoms with E-state index in [1.54, 1.807) is 144 Å². The van der Waals surface area contributed by atoms with Crippen LogP contribution >= 0.6 is 15.9 Å². The van der Waals surface area contributed by atoms with Gasteiger partial charge in [-0.1, -0.05) is 28.1 Å². The Morgan fingerprint density at radius 3 is 1.12 bits per heavy atom. The van der Waals surface area contributed by atoms with Gasteiger partial charge in [-0.05, 0) is 177 Å². The van der Waals surface area contributed by atoms with E-state index in [1.807, 2.05) is 58.9 Å². The number of alkyl halides is 1. The van der Waals surface area contributed by atoms with Crippen LogP contribution in [0, 0.1) is 13.8 Å². The zero-order chi connectivity index (χ0) is 63.1. The monoisotopic (exact) mass is 1230 g/mol. The van der Waals surface area contributed by atoms with Gasteiger partial charge in [0.05, 0.1) is 37.0 Å². The highest BCUT2D eigenvalue weighted by Crippen LogP contribution is 2.35. The van der Waals surface area contributed by atoms with Crippen molar-refractivity contribution in [1.29, 1.82) is 0 Å². The van der Waals surface area contributed by atoms with Crippen molar-refractivity contribution in [2.45, 2.75) is 146 Å². The summed E-state index contributed by atoms with van der Waals surface area (Å²) in [7, 11) is 3.10. The molecule has 4 N–H and O–H groups in total. The zero-order valence-electron chi connectivity index (χ0n) is 52.3. The van der Waals surface area contributed by atoms with Crippen molar-refractivity contribution in [1.82, 2.24) is 0 Å². The second kappa shape index (κ2) is 32.5. The molecule has 0 aliphatic rings. The summed E-state index contributed by atoms with van der Waals surface area (Å²) in [4.78, 5) is 65.6. The second-order valence-corrected chi connectivity index (χ2v) is 24.5. The van der Waals surface area contributed by atoms with Gasteiger partial charge in [-0.3, -0.25) is 24.0 Å². The van der Waals surface area contributed by atoms with E-state index in [-0.39, 0.29) is 56.3 Å². The summed E-state index contributed by atoms with van der Waals surface area (Å²) in [6.07, 6.45) is 0. The van der Waals surface area contributed by atoms with Gasteiger partial charge in [0.25, 0.3) is 0 Å². The number of nitrogens with zero attached hydrogens (tertiary/aromatic N) is 2. The number of anilines is 4. The number of nitrogen functional groups attached to an aromatic ring is 2. The smallest absolute Gasteiger partial charge is 0.326 e. The minimum absolute atomic E-state index is 0.0392. The van der Waals surface area contributed by atoms with E-state index in [0.29, 0.717) is 70.5 Å². The second-order valence-electron chi connectivity index (χ2n) is 23.9. The van der Waals surface area contributed by atoms with Crippen molar-refractivity contribution in [2.24, 2.45) is 0 Å². The van der Waals surface area contributed by atoms with Crippen LogP contribution in [0.25, 0.3) is 0 Å². The van der Waals surface area contributed by atoms with Crippen molar-refractivity contribution >= 4 is 68.5 Å². The quantitative estimate of drug-likeness (QED) is 0.0230. The standard InChI is InChI=1S/C40H60N2O11.C16H20N2O3.C6H11BrO2/c1-27-15-17-29(41(23-33(43)50-37(2,3)4)24-34(44)51-38(5,6)7)32(21-27)49-20-19-48-31-18-16-28(47-14)22-30(31)42(25-35(45)52-39(8,9)10)26-36(46)53-40(11,12)13;1-11-3-5-13(17)16(9-11)21-8-7-20-15-6-4-12(19-2)10-14(15)18;1-6(2,3)9-5(8)4-7/h15-18,21-22H,19-20,23-26H2,1-14H3;3-6,9-10H,7-8,17-18H2,1-2H3;4H2,1-3H3. The molecule has 0 spiro atoms. The van der Waals surface area contributed by atoms with Crippen LogP contribution in [-0.4, -0.2) is 130 Å². The first kappa shape index (κ1) is 71.8. The number of hydrogen-bond acceptors (Lipinski definition) is 20. The van der Waals surface area contributed by atoms with Crippen LogP contribution in [0.2, 0.25) is 0 Å². The Labute approximate surface area is 500 Å². The highest BCUT2D eigenvalue weighted by molar-refractivity contribution is 9.09. The molecule has 0 unspecified atom stereocenters. The van der Waals surface area contributed by atoms with E-state index in [2.05, 4.69) is 15.9 Å². The highest BCUT2D eigenvalue weighted by atomic mass is 79.9. The van der Waals surface area contributed by atoms with Gasteiger partial charge in [-0.2, -0.15) is 0 Å². The lowest BCUT2D eigenvalue weighted by atomic mass is 10.1. The van der Waals surface area contributed by atoms with Gasteiger partial charge in [0.15, 0.2) is 0 Å². The van der Waals surface area contributed by atoms with Gasteiger partial charge in [0, 0.05) is 12.1 Å². The number of methoxy groups -OCH3 is 2. The van der Waals surface area contributed by atoms with Gasteiger partial charge in [0.2, 0.25) is 0 Å². The van der Waals surface area contributed by atoms with Gasteiger partial charge in [0.1, 0.15) is 120 Å². The maximum atomic E-state index is 13.0. The molecule has 0 aromatic heterocycles. The van der Waals surface area contributed by atoms with Crippen molar-refractivity contribution in [2.75, 3.05) is 93.4 Å². The summed E-state index contributed by atoms with van der Waals surface area (Å²) in [5.74, 6) is 0.843. The van der Waals surface area contributed by atoms with E-state index < -0.39 is 46.3 Å². The molecule has 0 saturated carbocycles. The molecule has 0 heterocycles. The van der Waals surface area contributed by atoms with Crippen LogP contribution in [-0.2, 0) is 47.7 Å². The van der Waals surface area contributed by atoms with Gasteiger partial charge in [-0.15, -0.1) is 0 Å². The first-order valence-corrected chi connectivity index (χ1v) is 28.2. The number of carbonyl (C=O) groups excluding carboxylic acids is 5. The molecule has 4 aromatic carbocycles. The average molecular weight is 1230 g/mol. The summed E-state index contributed by atoms with van der Waals surface area (Å²) in [5, 5.41) is 0.268. The van der Waals surface area contributed by atoms with Gasteiger partial charge < -0.3 is 73.4 Å². The predicted octanol–water partition coefficient (Wildman–Crippen LogP) is 10.8. The maximum absolute atomic E-state index is 13.0. The normalized spacial score (nSPS) is 11.4. The number of aryl methyl sites for hydroxylation is 2. The molecule has 20 nitrogen and oxygen atoms in total. The molecule has 21 heteroatoms. The van der Waals surface area contributed by atoms with E-state index >= 15 is 0 Å². The lowest BCUT2D eigenvalue weighted by molar-refractivity contribution is -0.156. The van der Waals surface area contributed by atoms with Crippen LogP contribution in [0.3, 0.4) is 0 Å². The summed E-state index contributed by atoms with van der Waals surface area (Å²) in [6.45, 7) is 30.4. The molecule has 0 atom stereocenters. The van der Waals surface area contributed by atoms with Gasteiger partial charge in [-0.25, -0.2) is 0 Å². The van der Waals surface area contributed by atoms with Crippen LogP contribution < -0.4 is 49.7 Å². The van der Waals surface area contributed by atoms with Crippen LogP contribution in [0.4, 0.5) is 22.7 Å². The van der Waals surface area contributed by atoms with Crippen molar-refractivity contribution in [3.8, 4) is 34.5 Å². The van der Waals surface area contributed by atoms with E-state index in [9.17, 15) is 24.0 Å². The number of rotatable bonds is 23. The number of benzene rings is 4. The number of hydrogen-bond donors (Lipinski definition) is 2. The Morgan fingerprint density at radius 1 is 0.398 bits per heavy atom. The third kappa shape index (κ3) is 30.5. The molecule has 83 heavy (non-hydrogen) atoms. The fraction of sp³-hybridized carbons (Fsp3) is 0.532. The Morgan fingerprint density at radius 2 is 0.735 bits per heavy atom. The van der Waals surface area contributed by atoms with Crippen molar-refractivity contribution in [3.05, 3.63) is 83.9 Å². The molecule has 4 aromatic rings. The first-order chi connectivity index (χ1) is 38.3. The average Bonchev–Trinajstić information content (AvgIpc) is 3.51. The van der Waals surface area contributed by atoms with Crippen molar-refractivity contribution in [3.63, 3.8) is 0 Å². The molecule has 462 valence electrons. The summed E-state index contributed by atoms with van der Waals surface area (Å²) in [5.41, 5.74) is 12.4. The minimum Gasteiger partial charge on any atom is -0.497 e. The molecule has 0 aliphatic heterocycles. The summed E-state index contributed by atoms with van der Waals surface area (Å²) >= 11 is 2.99. The fourth-order valence-electron chi connectivity index (χ4n) is 7.09. The zero-order valence-corrected chi connectivity index (χ0v) is 53.8. The molecule has 0 radical (unpaired) electrons. The Bertz CT molecular complexity index is 2680. The van der Waals surface area contributed by atoms with E-state index in [1.165, 1.54) is 12.0 Å². The topological polar surface area (TPSA) is 245 Å². The molecule has 0 fully saturated rings. The van der Waals surface area contributed by atoms with Gasteiger partial charge >= 0.3 is 29.8 Å². The van der Waals surface area contributed by atoms with Crippen LogP contribution in [0.15, 0.2) is 72.8 Å². The van der Waals surface area contributed by atoms with Crippen molar-refractivity contribution < 1.29 is 76.1 Å². The molecular formula is C62H91BrN4O16. The third-order valence-electron chi connectivity index (χ3n) is 10.0. The molecule has 4 rings (SSSR count). The van der Waals surface area contributed by atoms with E-state index in [0.717, 1.165) is 11.1 Å². The minimum atomic E-state index is -0.746. The third-order valence-corrected chi connectivity index (χ3v) is 10.5. The number of esters is 5. The number of nitrogens with two attached hydrogens (primary N) is 2. The summed E-state index contributed by atoms with van der Waals surface area (Å²) in [6, 6.07) is 21.4. The Kier molecular flexibility index (Phi) is 28.1. The molecule has 0 bridgehead atoms. The molecule has 0 aliphatic carbocycles. The summed E-state index contributed by atoms with van der Waals surface area (Å²) < 4.78 is 61.3. The number of halogens is 1. The molecule has 0 saturated heterocycles. The largest absolute Gasteiger partial charge is 0.497 e. The fourth-order valence-corrected chi connectivity index (χ4v) is 7.20. The first-order valence-electron chi connectivity index (χ1n) is 27.0. The molecule has 0 amide bonds. The Balaban J connectivity index is 0.000000634. The lowest BCUT2D eigenvalue weighted by Crippen LogP contribution is -2.40. The number of carbonyl (C=O) groups is 5. The lowest BCUT2D eigenvalue weighted by Gasteiger charge is -2.29. The molecular weight excluding hydrogens is 1140 g/mol. The maximum Gasteiger partial charge on any atom is 0.326 e.